The zero-order valence-corrected chi connectivity index (χ0v) is 12.1. The van der Waals surface area contributed by atoms with Crippen LogP contribution in [0.2, 0.25) is 0 Å². The van der Waals surface area contributed by atoms with Gasteiger partial charge in [-0.25, -0.2) is 0 Å². The molecule has 6 heteroatoms. The van der Waals surface area contributed by atoms with Crippen molar-refractivity contribution in [2.75, 3.05) is 6.54 Å². The minimum Gasteiger partial charge on any atom is -0.480 e. The molecule has 2 unspecified atom stereocenters. The number of aliphatic carboxylic acids is 1. The fraction of sp³-hybridized carbons (Fsp3) is 0.533. The van der Waals surface area contributed by atoms with E-state index in [4.69, 9.17) is 0 Å². The number of hydrogen-bond acceptors (Lipinski definition) is 4. The molecule has 1 fully saturated rings. The van der Waals surface area contributed by atoms with Gasteiger partial charge in [0.15, 0.2) is 0 Å². The zero-order valence-electron chi connectivity index (χ0n) is 12.1. The second-order valence-corrected chi connectivity index (χ2v) is 5.51. The number of nitrogens with zero attached hydrogens (tertiary/aromatic N) is 2. The fourth-order valence-corrected chi connectivity index (χ4v) is 2.95. The molecule has 1 aliphatic heterocycles. The second-order valence-electron chi connectivity index (χ2n) is 5.51. The molecular formula is C15H20N2O4. The monoisotopic (exact) mass is 292 g/mol. The Labute approximate surface area is 123 Å². The van der Waals surface area contributed by atoms with Crippen molar-refractivity contribution < 1.29 is 14.8 Å². The van der Waals surface area contributed by atoms with Gasteiger partial charge in [-0.1, -0.05) is 31.5 Å². The second kappa shape index (κ2) is 6.67. The van der Waals surface area contributed by atoms with Gasteiger partial charge in [-0.15, -0.1) is 0 Å². The lowest BCUT2D eigenvalue weighted by Gasteiger charge is -2.36. The lowest BCUT2D eigenvalue weighted by molar-refractivity contribution is -0.385. The molecule has 0 aliphatic carbocycles. The summed E-state index contributed by atoms with van der Waals surface area (Å²) in [5, 5.41) is 20.5. The molecule has 1 aliphatic rings. The summed E-state index contributed by atoms with van der Waals surface area (Å²) in [6, 6.07) is 5.98. The van der Waals surface area contributed by atoms with Crippen molar-refractivity contribution in [3.05, 3.63) is 39.9 Å². The number of para-hydroxylation sites is 1. The van der Waals surface area contributed by atoms with Gasteiger partial charge in [0.25, 0.3) is 5.69 Å². The van der Waals surface area contributed by atoms with E-state index in [1.807, 2.05) is 4.90 Å². The van der Waals surface area contributed by atoms with Gasteiger partial charge in [0.2, 0.25) is 0 Å². The highest BCUT2D eigenvalue weighted by atomic mass is 16.6. The van der Waals surface area contributed by atoms with Gasteiger partial charge in [0, 0.05) is 18.2 Å². The van der Waals surface area contributed by atoms with Crippen LogP contribution >= 0.6 is 0 Å². The van der Waals surface area contributed by atoms with Crippen LogP contribution in [0.15, 0.2) is 24.3 Å². The molecule has 21 heavy (non-hydrogen) atoms. The number of hydrogen-bond donors (Lipinski definition) is 1. The maximum absolute atomic E-state index is 11.5. The highest BCUT2D eigenvalue weighted by Crippen LogP contribution is 2.28. The zero-order chi connectivity index (χ0) is 15.4. The van der Waals surface area contributed by atoms with E-state index in [0.717, 1.165) is 12.8 Å². The molecule has 0 radical (unpaired) electrons. The highest BCUT2D eigenvalue weighted by molar-refractivity contribution is 5.73. The van der Waals surface area contributed by atoms with Crippen LogP contribution in [0.5, 0.6) is 0 Å². The Bertz CT molecular complexity index is 532. The maximum atomic E-state index is 11.5. The summed E-state index contributed by atoms with van der Waals surface area (Å²) in [5.74, 6) is -0.417. The number of benzene rings is 1. The van der Waals surface area contributed by atoms with Crippen molar-refractivity contribution in [1.29, 1.82) is 0 Å². The van der Waals surface area contributed by atoms with Crippen LogP contribution in [0.3, 0.4) is 0 Å². The molecule has 2 rings (SSSR count). The first-order valence-corrected chi connectivity index (χ1v) is 7.22. The van der Waals surface area contributed by atoms with E-state index in [1.165, 1.54) is 6.07 Å². The quantitative estimate of drug-likeness (QED) is 0.666. The van der Waals surface area contributed by atoms with Crippen LogP contribution in [0.25, 0.3) is 0 Å². The lowest BCUT2D eigenvalue weighted by atomic mass is 9.88. The van der Waals surface area contributed by atoms with Crippen LogP contribution in [-0.4, -0.2) is 33.5 Å². The standard InChI is InChI=1S/C15H20N2O4/c1-2-11-7-8-16(14(9-11)15(18)19)10-12-5-3-4-6-13(12)17(20)21/h3-6,11,14H,2,7-10H2,1H3,(H,18,19). The smallest absolute Gasteiger partial charge is 0.320 e. The van der Waals surface area contributed by atoms with E-state index in [9.17, 15) is 20.0 Å². The summed E-state index contributed by atoms with van der Waals surface area (Å²) in [6.07, 6.45) is 2.54. The summed E-state index contributed by atoms with van der Waals surface area (Å²) in [5.41, 5.74) is 0.628. The molecule has 0 saturated carbocycles. The summed E-state index contributed by atoms with van der Waals surface area (Å²) in [7, 11) is 0. The molecule has 6 nitrogen and oxygen atoms in total. The predicted molar refractivity (Wildman–Crippen MR) is 77.9 cm³/mol. The topological polar surface area (TPSA) is 83.7 Å². The first kappa shape index (κ1) is 15.4. The van der Waals surface area contributed by atoms with Gasteiger partial charge < -0.3 is 5.11 Å². The summed E-state index contributed by atoms with van der Waals surface area (Å²) >= 11 is 0. The minimum atomic E-state index is -0.841. The van der Waals surface area contributed by atoms with Crippen LogP contribution in [0, 0.1) is 16.0 Å². The Morgan fingerprint density at radius 1 is 1.48 bits per heavy atom. The normalized spacial score (nSPS) is 22.9. The van der Waals surface area contributed by atoms with Gasteiger partial charge in [-0.2, -0.15) is 0 Å². The molecule has 2 atom stereocenters. The third kappa shape index (κ3) is 3.58. The summed E-state index contributed by atoms with van der Waals surface area (Å²) < 4.78 is 0. The Balaban J connectivity index is 2.18. The molecular weight excluding hydrogens is 272 g/mol. The SMILES string of the molecule is CCC1CCN(Cc2ccccc2[N+](=O)[O-])C(C(=O)O)C1. The molecule has 1 heterocycles. The lowest BCUT2D eigenvalue weighted by Crippen LogP contribution is -2.46. The molecule has 0 amide bonds. The average Bonchev–Trinajstić information content (AvgIpc) is 2.47. The third-order valence-electron chi connectivity index (χ3n) is 4.25. The third-order valence-corrected chi connectivity index (χ3v) is 4.25. The van der Waals surface area contributed by atoms with Gasteiger partial charge >= 0.3 is 5.97 Å². The highest BCUT2D eigenvalue weighted by Gasteiger charge is 2.33. The molecule has 1 aromatic carbocycles. The van der Waals surface area contributed by atoms with Gasteiger partial charge in [0.05, 0.1) is 4.92 Å². The van der Waals surface area contributed by atoms with Gasteiger partial charge in [0.1, 0.15) is 6.04 Å². The van der Waals surface area contributed by atoms with Crippen LogP contribution in [0.4, 0.5) is 5.69 Å². The van der Waals surface area contributed by atoms with E-state index in [1.54, 1.807) is 18.2 Å². The van der Waals surface area contributed by atoms with E-state index >= 15 is 0 Å². The molecule has 114 valence electrons. The Morgan fingerprint density at radius 3 is 2.81 bits per heavy atom. The van der Waals surface area contributed by atoms with E-state index in [0.29, 0.717) is 31.0 Å². The molecule has 1 aromatic rings. The molecule has 0 spiro atoms. The van der Waals surface area contributed by atoms with Crippen molar-refractivity contribution >= 4 is 11.7 Å². The van der Waals surface area contributed by atoms with Crippen LogP contribution in [0.1, 0.15) is 31.7 Å². The maximum Gasteiger partial charge on any atom is 0.320 e. The number of carboxylic acid groups (broad SMARTS) is 1. The Kier molecular flexibility index (Phi) is 4.90. The average molecular weight is 292 g/mol. The first-order chi connectivity index (χ1) is 10.0. The molecule has 1 N–H and O–H groups in total. The summed E-state index contributed by atoms with van der Waals surface area (Å²) in [6.45, 7) is 3.05. The number of piperidine rings is 1. The molecule has 1 saturated heterocycles. The number of rotatable bonds is 5. The number of carbonyl (C=O) groups is 1. The molecule has 0 aromatic heterocycles. The van der Waals surface area contributed by atoms with E-state index in [2.05, 4.69) is 6.92 Å². The Morgan fingerprint density at radius 2 is 2.19 bits per heavy atom. The molecule has 0 bridgehead atoms. The Hall–Kier alpha value is -1.95. The number of carboxylic acids is 1. The van der Waals surface area contributed by atoms with Crippen molar-refractivity contribution in [3.8, 4) is 0 Å². The minimum absolute atomic E-state index is 0.0549. The van der Waals surface area contributed by atoms with Crippen molar-refractivity contribution in [2.24, 2.45) is 5.92 Å². The van der Waals surface area contributed by atoms with Gasteiger partial charge in [-0.05, 0) is 25.3 Å². The van der Waals surface area contributed by atoms with Crippen molar-refractivity contribution in [1.82, 2.24) is 4.90 Å². The number of likely N-dealkylation sites (tertiary alicyclic amines) is 1. The predicted octanol–water partition coefficient (Wildman–Crippen LogP) is 2.67. The van der Waals surface area contributed by atoms with Crippen molar-refractivity contribution in [2.45, 2.75) is 38.8 Å². The fourth-order valence-electron chi connectivity index (χ4n) is 2.95. The number of nitro groups is 1. The van der Waals surface area contributed by atoms with Gasteiger partial charge in [-0.3, -0.25) is 19.8 Å². The first-order valence-electron chi connectivity index (χ1n) is 7.22. The van der Waals surface area contributed by atoms with Crippen molar-refractivity contribution in [3.63, 3.8) is 0 Å². The van der Waals surface area contributed by atoms with E-state index < -0.39 is 16.9 Å². The largest absolute Gasteiger partial charge is 0.480 e. The van der Waals surface area contributed by atoms with Crippen LogP contribution in [-0.2, 0) is 11.3 Å². The van der Waals surface area contributed by atoms with E-state index in [-0.39, 0.29) is 5.69 Å². The summed E-state index contributed by atoms with van der Waals surface area (Å²) in [4.78, 5) is 23.9. The van der Waals surface area contributed by atoms with Crippen LogP contribution < -0.4 is 0 Å². The number of nitro benzene ring substituents is 1.